The van der Waals surface area contributed by atoms with Gasteiger partial charge in [-0.15, -0.1) is 0 Å². The summed E-state index contributed by atoms with van der Waals surface area (Å²) >= 11 is 0. The van der Waals surface area contributed by atoms with E-state index >= 15 is 0 Å². The van der Waals surface area contributed by atoms with Crippen molar-refractivity contribution in [2.45, 2.75) is 45.4 Å². The number of primary amides is 1. The lowest BCUT2D eigenvalue weighted by Gasteiger charge is -2.33. The van der Waals surface area contributed by atoms with E-state index in [0.717, 1.165) is 80.4 Å². The van der Waals surface area contributed by atoms with Gasteiger partial charge in [-0.3, -0.25) is 4.79 Å². The van der Waals surface area contributed by atoms with Crippen molar-refractivity contribution in [3.63, 3.8) is 0 Å². The molecule has 2 fully saturated rings. The fraction of sp³-hybridized carbons (Fsp3) is 0.632. The molecule has 7 heteroatoms. The minimum Gasteiger partial charge on any atom is -0.381 e. The SMILES string of the molecule is Cc1nc2cc(C3CCOCC3)nn2c(N2CCC(C(N)=O)CC2)c1C. The number of amides is 1. The van der Waals surface area contributed by atoms with Gasteiger partial charge in [0.15, 0.2) is 5.65 Å². The first-order valence-corrected chi connectivity index (χ1v) is 9.53. The summed E-state index contributed by atoms with van der Waals surface area (Å²) in [7, 11) is 0. The van der Waals surface area contributed by atoms with Crippen molar-refractivity contribution in [3.05, 3.63) is 23.0 Å². The Morgan fingerprint density at radius 1 is 1.19 bits per heavy atom. The van der Waals surface area contributed by atoms with Gasteiger partial charge in [-0.05, 0) is 39.5 Å². The first-order valence-electron chi connectivity index (χ1n) is 9.53. The molecule has 0 aromatic carbocycles. The van der Waals surface area contributed by atoms with Crippen molar-refractivity contribution >= 4 is 17.4 Å². The molecule has 2 aromatic rings. The number of hydrogen-bond acceptors (Lipinski definition) is 5. The summed E-state index contributed by atoms with van der Waals surface area (Å²) in [6.07, 6.45) is 3.62. The molecule has 4 heterocycles. The number of piperidine rings is 1. The second-order valence-corrected chi connectivity index (χ2v) is 7.54. The van der Waals surface area contributed by atoms with E-state index in [1.54, 1.807) is 0 Å². The molecule has 1 amide bonds. The molecule has 0 saturated carbocycles. The molecule has 0 bridgehead atoms. The number of fused-ring (bicyclic) bond motifs is 1. The highest BCUT2D eigenvalue weighted by atomic mass is 16.5. The number of carbonyl (C=O) groups excluding carboxylic acids is 1. The predicted molar refractivity (Wildman–Crippen MR) is 99.4 cm³/mol. The minimum atomic E-state index is -0.182. The van der Waals surface area contributed by atoms with E-state index in [1.807, 2.05) is 4.52 Å². The van der Waals surface area contributed by atoms with E-state index in [4.69, 9.17) is 20.6 Å². The van der Waals surface area contributed by atoms with Crippen LogP contribution in [0.15, 0.2) is 6.07 Å². The minimum absolute atomic E-state index is 0.0135. The predicted octanol–water partition coefficient (Wildman–Crippen LogP) is 1.94. The van der Waals surface area contributed by atoms with Crippen molar-refractivity contribution in [3.8, 4) is 0 Å². The summed E-state index contributed by atoms with van der Waals surface area (Å²) < 4.78 is 7.48. The van der Waals surface area contributed by atoms with Gasteiger partial charge in [-0.2, -0.15) is 9.61 Å². The van der Waals surface area contributed by atoms with Gasteiger partial charge in [0, 0.05) is 55.5 Å². The average Bonchev–Trinajstić information content (AvgIpc) is 3.07. The van der Waals surface area contributed by atoms with Crippen LogP contribution in [0.5, 0.6) is 0 Å². The van der Waals surface area contributed by atoms with Gasteiger partial charge in [-0.25, -0.2) is 4.98 Å². The summed E-state index contributed by atoms with van der Waals surface area (Å²) in [6, 6.07) is 2.13. The third-order valence-corrected chi connectivity index (χ3v) is 5.91. The van der Waals surface area contributed by atoms with Crippen LogP contribution in [0.25, 0.3) is 5.65 Å². The van der Waals surface area contributed by atoms with Crippen LogP contribution >= 0.6 is 0 Å². The molecule has 0 unspecified atom stereocenters. The normalized spacial score (nSPS) is 20.0. The number of nitrogens with zero attached hydrogens (tertiary/aromatic N) is 4. The van der Waals surface area contributed by atoms with Crippen molar-refractivity contribution in [2.75, 3.05) is 31.2 Å². The first-order chi connectivity index (χ1) is 12.5. The van der Waals surface area contributed by atoms with Gasteiger partial charge in [-0.1, -0.05) is 0 Å². The fourth-order valence-electron chi connectivity index (χ4n) is 4.14. The molecule has 0 atom stereocenters. The summed E-state index contributed by atoms with van der Waals surface area (Å²) in [5.74, 6) is 1.35. The topological polar surface area (TPSA) is 85.8 Å². The van der Waals surface area contributed by atoms with Crippen LogP contribution < -0.4 is 10.6 Å². The Morgan fingerprint density at radius 2 is 1.88 bits per heavy atom. The Balaban J connectivity index is 1.70. The Bertz CT molecular complexity index is 817. The third kappa shape index (κ3) is 3.05. The van der Waals surface area contributed by atoms with Crippen LogP contribution in [0.4, 0.5) is 5.82 Å². The van der Waals surface area contributed by atoms with Gasteiger partial charge in [0.2, 0.25) is 5.91 Å². The number of aromatic nitrogens is 3. The van der Waals surface area contributed by atoms with Crippen LogP contribution in [0.1, 0.15) is 48.6 Å². The maximum Gasteiger partial charge on any atom is 0.220 e. The molecule has 4 rings (SSSR count). The number of carbonyl (C=O) groups is 1. The van der Waals surface area contributed by atoms with E-state index in [2.05, 4.69) is 24.8 Å². The van der Waals surface area contributed by atoms with Gasteiger partial charge < -0.3 is 15.4 Å². The average molecular weight is 357 g/mol. The van der Waals surface area contributed by atoms with Crippen LogP contribution in [0.2, 0.25) is 0 Å². The summed E-state index contributed by atoms with van der Waals surface area (Å²) in [5, 5.41) is 4.93. The molecular weight excluding hydrogens is 330 g/mol. The van der Waals surface area contributed by atoms with E-state index in [-0.39, 0.29) is 11.8 Å². The van der Waals surface area contributed by atoms with E-state index in [0.29, 0.717) is 5.92 Å². The third-order valence-electron chi connectivity index (χ3n) is 5.91. The van der Waals surface area contributed by atoms with Crippen molar-refractivity contribution in [2.24, 2.45) is 11.7 Å². The molecule has 2 N–H and O–H groups in total. The Kier molecular flexibility index (Phi) is 4.56. The molecule has 7 nitrogen and oxygen atoms in total. The van der Waals surface area contributed by atoms with Gasteiger partial charge in [0.05, 0.1) is 5.69 Å². The quantitative estimate of drug-likeness (QED) is 0.907. The Morgan fingerprint density at radius 3 is 2.54 bits per heavy atom. The lowest BCUT2D eigenvalue weighted by Crippen LogP contribution is -2.39. The Labute approximate surface area is 153 Å². The van der Waals surface area contributed by atoms with Crippen LogP contribution in [-0.2, 0) is 9.53 Å². The van der Waals surface area contributed by atoms with E-state index in [9.17, 15) is 4.79 Å². The Hall–Kier alpha value is -2.15. The van der Waals surface area contributed by atoms with Crippen molar-refractivity contribution in [1.29, 1.82) is 0 Å². The molecule has 0 aliphatic carbocycles. The second-order valence-electron chi connectivity index (χ2n) is 7.54. The second kappa shape index (κ2) is 6.87. The largest absolute Gasteiger partial charge is 0.381 e. The fourth-order valence-corrected chi connectivity index (χ4v) is 4.14. The zero-order valence-electron chi connectivity index (χ0n) is 15.6. The molecule has 0 spiro atoms. The summed E-state index contributed by atoms with van der Waals surface area (Å²) in [6.45, 7) is 7.40. The molecule has 2 saturated heterocycles. The standard InChI is InChI=1S/C19H27N5O2/c1-12-13(2)21-17-11-16(14-5-9-26-10-6-14)22-24(17)19(12)23-7-3-15(4-8-23)18(20)25/h11,14-15H,3-10H2,1-2H3,(H2,20,25). The summed E-state index contributed by atoms with van der Waals surface area (Å²) in [5.41, 5.74) is 9.68. The molecule has 2 aliphatic rings. The number of rotatable bonds is 3. The van der Waals surface area contributed by atoms with Gasteiger partial charge in [0.25, 0.3) is 0 Å². The molecule has 0 radical (unpaired) electrons. The lowest BCUT2D eigenvalue weighted by molar-refractivity contribution is -0.122. The van der Waals surface area contributed by atoms with Crippen molar-refractivity contribution in [1.82, 2.24) is 14.6 Å². The van der Waals surface area contributed by atoms with E-state index < -0.39 is 0 Å². The highest BCUT2D eigenvalue weighted by Crippen LogP contribution is 2.31. The number of nitrogens with two attached hydrogens (primary N) is 1. The maximum atomic E-state index is 11.5. The number of ether oxygens (including phenoxy) is 1. The maximum absolute atomic E-state index is 11.5. The number of hydrogen-bond donors (Lipinski definition) is 1. The lowest BCUT2D eigenvalue weighted by atomic mass is 9.96. The smallest absolute Gasteiger partial charge is 0.220 e. The zero-order chi connectivity index (χ0) is 18.3. The monoisotopic (exact) mass is 357 g/mol. The molecule has 2 aromatic heterocycles. The highest BCUT2D eigenvalue weighted by molar-refractivity contribution is 5.77. The molecule has 140 valence electrons. The number of anilines is 1. The number of aryl methyl sites for hydroxylation is 1. The van der Waals surface area contributed by atoms with Crippen molar-refractivity contribution < 1.29 is 9.53 Å². The van der Waals surface area contributed by atoms with Crippen LogP contribution in [0, 0.1) is 19.8 Å². The van der Waals surface area contributed by atoms with Gasteiger partial charge >= 0.3 is 0 Å². The molecule has 2 aliphatic heterocycles. The van der Waals surface area contributed by atoms with Gasteiger partial charge in [0.1, 0.15) is 5.82 Å². The van der Waals surface area contributed by atoms with Crippen LogP contribution in [-0.4, -0.2) is 46.8 Å². The molecular formula is C19H27N5O2. The molecule has 26 heavy (non-hydrogen) atoms. The highest BCUT2D eigenvalue weighted by Gasteiger charge is 2.27. The van der Waals surface area contributed by atoms with E-state index in [1.165, 1.54) is 0 Å². The summed E-state index contributed by atoms with van der Waals surface area (Å²) in [4.78, 5) is 18.6. The van der Waals surface area contributed by atoms with Crippen LogP contribution in [0.3, 0.4) is 0 Å². The zero-order valence-corrected chi connectivity index (χ0v) is 15.6. The first kappa shape index (κ1) is 17.3.